The first-order chi connectivity index (χ1) is 16.6. The molecule has 0 unspecified atom stereocenters. The van der Waals surface area contributed by atoms with Crippen LogP contribution in [0, 0.1) is 0 Å². The third-order valence-electron chi connectivity index (χ3n) is 6.16. The molecule has 2 aliphatic rings. The Hall–Kier alpha value is -2.33. The number of likely N-dealkylation sites (tertiary alicyclic amines) is 1. The minimum Gasteiger partial charge on any atom is -0.490 e. The molecule has 0 aromatic heterocycles. The maximum atomic E-state index is 12.5. The molecule has 2 N–H and O–H groups in total. The van der Waals surface area contributed by atoms with Crippen LogP contribution in [0.25, 0.3) is 0 Å². The van der Waals surface area contributed by atoms with Crippen molar-refractivity contribution < 1.29 is 38.0 Å². The fourth-order valence-corrected chi connectivity index (χ4v) is 4.86. The molecule has 11 heteroatoms. The van der Waals surface area contributed by atoms with Gasteiger partial charge in [-0.25, -0.2) is 13.6 Å². The van der Waals surface area contributed by atoms with Gasteiger partial charge in [-0.2, -0.15) is 0 Å². The van der Waals surface area contributed by atoms with Crippen LogP contribution in [0.15, 0.2) is 30.3 Å². The minimum absolute atomic E-state index is 0.123. The third-order valence-corrected chi connectivity index (χ3v) is 6.69. The van der Waals surface area contributed by atoms with Crippen LogP contribution in [0.1, 0.15) is 28.8 Å². The Morgan fingerprint density at radius 2 is 1.83 bits per heavy atom. The summed E-state index contributed by atoms with van der Waals surface area (Å²) in [5.41, 5.74) is 0.581. The van der Waals surface area contributed by atoms with E-state index in [1.165, 1.54) is 0 Å². The molecule has 0 amide bonds. The van der Waals surface area contributed by atoms with Crippen molar-refractivity contribution in [3.63, 3.8) is 0 Å². The maximum absolute atomic E-state index is 12.5. The number of nitrogens with zero attached hydrogens (tertiary/aromatic N) is 1. The van der Waals surface area contributed by atoms with Crippen molar-refractivity contribution in [2.24, 2.45) is 0 Å². The highest BCUT2D eigenvalue weighted by atomic mass is 35.5. The number of piperidine rings is 1. The second kappa shape index (κ2) is 10.7. The highest BCUT2D eigenvalue weighted by Crippen LogP contribution is 2.42. The molecule has 4 rings (SSSR count). The quantitative estimate of drug-likeness (QED) is 0.490. The van der Waals surface area contributed by atoms with Gasteiger partial charge in [-0.05, 0) is 29.8 Å². The summed E-state index contributed by atoms with van der Waals surface area (Å²) >= 11 is 12.0. The molecule has 1 spiro atoms. The van der Waals surface area contributed by atoms with Crippen LogP contribution in [-0.2, 0) is 6.42 Å². The second-order valence-electron chi connectivity index (χ2n) is 8.77. The number of halogens is 4. The van der Waals surface area contributed by atoms with Crippen LogP contribution >= 0.6 is 23.2 Å². The lowest BCUT2D eigenvalue weighted by Crippen LogP contribution is -2.49. The molecule has 0 radical (unpaired) electrons. The van der Waals surface area contributed by atoms with Gasteiger partial charge < -0.3 is 29.3 Å². The molecule has 2 aliphatic heterocycles. The number of hydrogen-bond donors (Lipinski definition) is 2. The first kappa shape index (κ1) is 25.8. The van der Waals surface area contributed by atoms with Crippen molar-refractivity contribution >= 4 is 29.2 Å². The number of carboxylic acid groups (broad SMARTS) is 1. The summed E-state index contributed by atoms with van der Waals surface area (Å²) in [6, 6.07) is 7.86. The summed E-state index contributed by atoms with van der Waals surface area (Å²) in [5.74, 6) is -0.692. The average Bonchev–Trinajstić information content (AvgIpc) is 3.15. The largest absolute Gasteiger partial charge is 0.490 e. The number of aromatic carboxylic acids is 1. The third kappa shape index (κ3) is 6.27. The lowest BCUT2D eigenvalue weighted by Gasteiger charge is -2.39. The van der Waals surface area contributed by atoms with E-state index in [-0.39, 0.29) is 34.3 Å². The van der Waals surface area contributed by atoms with Gasteiger partial charge in [0.2, 0.25) is 0 Å². The van der Waals surface area contributed by atoms with Gasteiger partial charge >= 0.3 is 5.97 Å². The van der Waals surface area contributed by atoms with Crippen LogP contribution in [0.3, 0.4) is 0 Å². The smallest absolute Gasteiger partial charge is 0.339 e. The molecule has 1 saturated heterocycles. The predicted octanol–water partition coefficient (Wildman–Crippen LogP) is 4.54. The van der Waals surface area contributed by atoms with E-state index in [2.05, 4.69) is 4.90 Å². The van der Waals surface area contributed by atoms with Crippen LogP contribution in [-0.4, -0.2) is 72.1 Å². The van der Waals surface area contributed by atoms with Gasteiger partial charge in [-0.15, -0.1) is 0 Å². The van der Waals surface area contributed by atoms with Crippen molar-refractivity contribution in [3.05, 3.63) is 51.5 Å². The molecule has 2 heterocycles. The standard InChI is InChI=1S/C24H25Cl2F2NO6/c25-15-1-2-19-14(7-15)10-24(35-19)3-5-29(6-4-24)11-16(30)12-33-20-9-21(34-13-22(27)28)18(26)8-17(20)23(31)32/h1-2,7-9,16,22,30H,3-6,10-13H2,(H,31,32)/t16-/m0/s1. The molecule has 0 saturated carbocycles. The number of fused-ring (bicyclic) bond motifs is 1. The van der Waals surface area contributed by atoms with Crippen LogP contribution in [0.2, 0.25) is 10.0 Å². The van der Waals surface area contributed by atoms with Crippen molar-refractivity contribution in [3.8, 4) is 17.2 Å². The molecule has 0 aliphatic carbocycles. The average molecular weight is 532 g/mol. The maximum Gasteiger partial charge on any atom is 0.339 e. The Bertz CT molecular complexity index is 1080. The van der Waals surface area contributed by atoms with Crippen molar-refractivity contribution in [2.75, 3.05) is 32.8 Å². The van der Waals surface area contributed by atoms with Crippen molar-refractivity contribution in [1.82, 2.24) is 4.90 Å². The number of hydrogen-bond acceptors (Lipinski definition) is 6. The second-order valence-corrected chi connectivity index (χ2v) is 9.61. The molecule has 7 nitrogen and oxygen atoms in total. The Morgan fingerprint density at radius 3 is 2.51 bits per heavy atom. The topological polar surface area (TPSA) is 88.5 Å². The zero-order valence-corrected chi connectivity index (χ0v) is 20.2. The van der Waals surface area contributed by atoms with Gasteiger partial charge in [-0.3, -0.25) is 0 Å². The van der Waals surface area contributed by atoms with E-state index < -0.39 is 25.1 Å². The van der Waals surface area contributed by atoms with Crippen LogP contribution in [0.5, 0.6) is 17.2 Å². The molecule has 2 aromatic rings. The fraction of sp³-hybridized carbons (Fsp3) is 0.458. The summed E-state index contributed by atoms with van der Waals surface area (Å²) in [4.78, 5) is 13.6. The number of carbonyl (C=O) groups is 1. The molecule has 1 fully saturated rings. The zero-order chi connectivity index (χ0) is 25.2. The Morgan fingerprint density at radius 1 is 1.11 bits per heavy atom. The van der Waals surface area contributed by atoms with Gasteiger partial charge in [0.15, 0.2) is 0 Å². The molecule has 1 atom stereocenters. The summed E-state index contributed by atoms with van der Waals surface area (Å²) in [7, 11) is 0. The normalized spacial score (nSPS) is 17.8. The van der Waals surface area contributed by atoms with Gasteiger partial charge in [0, 0.05) is 50.0 Å². The fourth-order valence-electron chi connectivity index (χ4n) is 4.45. The number of benzene rings is 2. The molecule has 2 aromatic carbocycles. The highest BCUT2D eigenvalue weighted by Gasteiger charge is 2.42. The Balaban J connectivity index is 1.31. The first-order valence-electron chi connectivity index (χ1n) is 11.1. The Kier molecular flexibility index (Phi) is 7.90. The number of β-amino-alcohol motifs (C(OH)–C–C–N with tert-alkyl or cyclic N) is 1. The summed E-state index contributed by atoms with van der Waals surface area (Å²) in [6.45, 7) is 0.655. The monoisotopic (exact) mass is 531 g/mol. The number of aliphatic hydroxyl groups is 1. The number of ether oxygens (including phenoxy) is 3. The molecular weight excluding hydrogens is 507 g/mol. The molecule has 35 heavy (non-hydrogen) atoms. The first-order valence-corrected chi connectivity index (χ1v) is 11.9. The van der Waals surface area contributed by atoms with E-state index in [4.69, 9.17) is 37.4 Å². The van der Waals surface area contributed by atoms with E-state index in [9.17, 15) is 23.8 Å². The lowest BCUT2D eigenvalue weighted by molar-refractivity contribution is -0.00205. The van der Waals surface area contributed by atoms with Crippen LogP contribution in [0.4, 0.5) is 8.78 Å². The van der Waals surface area contributed by atoms with Crippen LogP contribution < -0.4 is 14.2 Å². The number of carboxylic acids is 1. The SMILES string of the molecule is O=C(O)c1cc(Cl)c(OCC(F)F)cc1OC[C@@H](O)CN1CCC2(CC1)Cc1cc(Cl)ccc1O2. The zero-order valence-electron chi connectivity index (χ0n) is 18.7. The van der Waals surface area contributed by atoms with Gasteiger partial charge in [0.25, 0.3) is 6.43 Å². The Labute approximate surface area is 211 Å². The molecule has 190 valence electrons. The van der Waals surface area contributed by atoms with E-state index in [1.54, 1.807) is 0 Å². The lowest BCUT2D eigenvalue weighted by atomic mass is 9.87. The molecular formula is C24H25Cl2F2NO6. The number of alkyl halides is 2. The predicted molar refractivity (Wildman–Crippen MR) is 126 cm³/mol. The number of rotatable bonds is 9. The molecule has 0 bridgehead atoms. The summed E-state index contributed by atoms with van der Waals surface area (Å²) in [6.07, 6.45) is -1.25. The van der Waals surface area contributed by atoms with E-state index >= 15 is 0 Å². The minimum atomic E-state index is -2.72. The van der Waals surface area contributed by atoms with E-state index in [0.29, 0.717) is 24.7 Å². The summed E-state index contributed by atoms with van der Waals surface area (Å²) < 4.78 is 41.7. The van der Waals surface area contributed by atoms with E-state index in [0.717, 1.165) is 42.7 Å². The van der Waals surface area contributed by atoms with E-state index in [1.807, 2.05) is 18.2 Å². The highest BCUT2D eigenvalue weighted by molar-refractivity contribution is 6.32. The van der Waals surface area contributed by atoms with Gasteiger partial charge in [-0.1, -0.05) is 23.2 Å². The summed E-state index contributed by atoms with van der Waals surface area (Å²) in [5, 5.41) is 20.5. The van der Waals surface area contributed by atoms with Crippen molar-refractivity contribution in [1.29, 1.82) is 0 Å². The van der Waals surface area contributed by atoms with Gasteiger partial charge in [0.05, 0.1) is 5.02 Å². The number of aliphatic hydroxyl groups excluding tert-OH is 1. The van der Waals surface area contributed by atoms with Crippen molar-refractivity contribution in [2.45, 2.75) is 37.4 Å². The van der Waals surface area contributed by atoms with Gasteiger partial charge in [0.1, 0.15) is 47.7 Å².